The molecule has 1 aliphatic carbocycles. The van der Waals surface area contributed by atoms with Crippen LogP contribution < -0.4 is 0 Å². The first-order valence-electron chi connectivity index (χ1n) is 6.91. The molecule has 0 bridgehead atoms. The van der Waals surface area contributed by atoms with E-state index in [1.54, 1.807) is 19.2 Å². The summed E-state index contributed by atoms with van der Waals surface area (Å²) in [6, 6.07) is 8.30. The number of hydrogen-bond acceptors (Lipinski definition) is 4. The van der Waals surface area contributed by atoms with Gasteiger partial charge in [0.25, 0.3) is 0 Å². The highest BCUT2D eigenvalue weighted by Crippen LogP contribution is 2.25. The quantitative estimate of drug-likeness (QED) is 0.851. The van der Waals surface area contributed by atoms with E-state index in [0.29, 0.717) is 25.7 Å². The first-order valence-corrected chi connectivity index (χ1v) is 8.35. The third-order valence-electron chi connectivity index (χ3n) is 3.91. The van der Waals surface area contributed by atoms with Crippen LogP contribution in [0.15, 0.2) is 29.2 Å². The number of rotatable bonds is 4. The number of nitriles is 1. The van der Waals surface area contributed by atoms with Gasteiger partial charge in [-0.15, -0.1) is 0 Å². The normalized spacial score (nSPS) is 16.9. The van der Waals surface area contributed by atoms with Crippen molar-refractivity contribution in [1.29, 1.82) is 5.26 Å². The minimum Gasteiger partial charge on any atom is -0.300 e. The summed E-state index contributed by atoms with van der Waals surface area (Å²) in [5.74, 6) is 0.206. The van der Waals surface area contributed by atoms with Gasteiger partial charge in [0.05, 0.1) is 17.4 Å². The summed E-state index contributed by atoms with van der Waals surface area (Å²) in [4.78, 5) is 11.5. The van der Waals surface area contributed by atoms with Gasteiger partial charge in [-0.3, -0.25) is 4.79 Å². The fourth-order valence-electron chi connectivity index (χ4n) is 2.52. The van der Waals surface area contributed by atoms with E-state index in [2.05, 4.69) is 0 Å². The van der Waals surface area contributed by atoms with Crippen molar-refractivity contribution in [2.75, 3.05) is 7.05 Å². The Hall–Kier alpha value is -1.71. The highest BCUT2D eigenvalue weighted by molar-refractivity contribution is 7.89. The molecular weight excluding hydrogens is 288 g/mol. The molecule has 0 heterocycles. The predicted molar refractivity (Wildman–Crippen MR) is 78.0 cm³/mol. The summed E-state index contributed by atoms with van der Waals surface area (Å²) in [6.45, 7) is 0. The van der Waals surface area contributed by atoms with Crippen LogP contribution in [0.4, 0.5) is 0 Å². The van der Waals surface area contributed by atoms with Crippen LogP contribution in [-0.4, -0.2) is 31.6 Å². The van der Waals surface area contributed by atoms with Crippen molar-refractivity contribution < 1.29 is 13.2 Å². The molecule has 1 fully saturated rings. The second-order valence-corrected chi connectivity index (χ2v) is 7.27. The summed E-state index contributed by atoms with van der Waals surface area (Å²) in [7, 11) is -1.98. The molecule has 0 saturated heterocycles. The van der Waals surface area contributed by atoms with E-state index < -0.39 is 10.0 Å². The van der Waals surface area contributed by atoms with Gasteiger partial charge >= 0.3 is 0 Å². The first kappa shape index (κ1) is 15.7. The fourth-order valence-corrected chi connectivity index (χ4v) is 3.94. The SMILES string of the molecule is CN(C1CCC(=O)CC1)S(=O)(=O)c1ccc(CC#N)cc1. The number of benzene rings is 1. The summed E-state index contributed by atoms with van der Waals surface area (Å²) in [5, 5.41) is 8.62. The third-order valence-corrected chi connectivity index (χ3v) is 5.83. The molecule has 1 aromatic rings. The van der Waals surface area contributed by atoms with E-state index in [1.165, 1.54) is 16.4 Å². The maximum atomic E-state index is 12.6. The first-order chi connectivity index (χ1) is 9.95. The maximum Gasteiger partial charge on any atom is 0.243 e. The third kappa shape index (κ3) is 3.49. The summed E-state index contributed by atoms with van der Waals surface area (Å²) >= 11 is 0. The molecule has 0 aromatic heterocycles. The van der Waals surface area contributed by atoms with Gasteiger partial charge < -0.3 is 0 Å². The Morgan fingerprint density at radius 1 is 1.24 bits per heavy atom. The zero-order valence-corrected chi connectivity index (χ0v) is 12.8. The molecule has 0 spiro atoms. The van der Waals surface area contributed by atoms with Crippen LogP contribution >= 0.6 is 0 Å². The van der Waals surface area contributed by atoms with Gasteiger partial charge in [-0.25, -0.2) is 8.42 Å². The summed E-state index contributed by atoms with van der Waals surface area (Å²) < 4.78 is 26.5. The number of ketones is 1. The van der Waals surface area contributed by atoms with Crippen LogP contribution in [0.3, 0.4) is 0 Å². The molecule has 0 atom stereocenters. The molecule has 1 saturated carbocycles. The van der Waals surface area contributed by atoms with E-state index in [4.69, 9.17) is 5.26 Å². The average Bonchev–Trinajstić information content (AvgIpc) is 2.48. The number of sulfonamides is 1. The van der Waals surface area contributed by atoms with E-state index in [9.17, 15) is 13.2 Å². The molecule has 1 aliphatic rings. The van der Waals surface area contributed by atoms with E-state index in [0.717, 1.165) is 5.56 Å². The van der Waals surface area contributed by atoms with Crippen LogP contribution in [-0.2, 0) is 21.2 Å². The molecule has 112 valence electrons. The molecular formula is C15H18N2O3S. The topological polar surface area (TPSA) is 78.2 Å². The monoisotopic (exact) mass is 306 g/mol. The van der Waals surface area contributed by atoms with Crippen LogP contribution in [0.2, 0.25) is 0 Å². The molecule has 21 heavy (non-hydrogen) atoms. The molecule has 6 heteroatoms. The van der Waals surface area contributed by atoms with Gasteiger partial charge in [0.2, 0.25) is 10.0 Å². The van der Waals surface area contributed by atoms with Crippen molar-refractivity contribution in [3.63, 3.8) is 0 Å². The number of carbonyl (C=O) groups is 1. The van der Waals surface area contributed by atoms with Crippen LogP contribution in [0.5, 0.6) is 0 Å². The van der Waals surface area contributed by atoms with Crippen LogP contribution in [0.1, 0.15) is 31.2 Å². The lowest BCUT2D eigenvalue weighted by Crippen LogP contribution is -2.39. The van der Waals surface area contributed by atoms with E-state index >= 15 is 0 Å². The van der Waals surface area contributed by atoms with Gasteiger partial charge in [-0.05, 0) is 30.5 Å². The van der Waals surface area contributed by atoms with Crippen molar-refractivity contribution in [1.82, 2.24) is 4.31 Å². The molecule has 5 nitrogen and oxygen atoms in total. The van der Waals surface area contributed by atoms with Gasteiger partial charge in [0, 0.05) is 25.9 Å². The Bertz CT molecular complexity index is 649. The number of hydrogen-bond donors (Lipinski definition) is 0. The van der Waals surface area contributed by atoms with Crippen LogP contribution in [0, 0.1) is 11.3 Å². The van der Waals surface area contributed by atoms with E-state index in [-0.39, 0.29) is 23.1 Å². The number of carbonyl (C=O) groups excluding carboxylic acids is 1. The Kier molecular flexibility index (Phi) is 4.76. The number of Topliss-reactive ketones (excluding diaryl/α,β-unsaturated/α-hetero) is 1. The Labute approximate surface area is 125 Å². The molecule has 0 unspecified atom stereocenters. The van der Waals surface area contributed by atoms with Gasteiger partial charge in [-0.1, -0.05) is 12.1 Å². The maximum absolute atomic E-state index is 12.6. The summed E-state index contributed by atoms with van der Waals surface area (Å²) in [5.41, 5.74) is 0.794. The minimum atomic E-state index is -3.55. The van der Waals surface area contributed by atoms with E-state index in [1.807, 2.05) is 6.07 Å². The Morgan fingerprint density at radius 2 is 1.81 bits per heavy atom. The van der Waals surface area contributed by atoms with Crippen molar-refractivity contribution in [3.05, 3.63) is 29.8 Å². The van der Waals surface area contributed by atoms with Crippen LogP contribution in [0.25, 0.3) is 0 Å². The Morgan fingerprint density at radius 3 is 2.33 bits per heavy atom. The zero-order chi connectivity index (χ0) is 15.5. The van der Waals surface area contributed by atoms with Crippen molar-refractivity contribution in [2.24, 2.45) is 0 Å². The molecule has 0 N–H and O–H groups in total. The number of nitrogens with zero attached hydrogens (tertiary/aromatic N) is 2. The lowest BCUT2D eigenvalue weighted by molar-refractivity contribution is -0.120. The molecule has 1 aromatic carbocycles. The van der Waals surface area contributed by atoms with Gasteiger partial charge in [0.1, 0.15) is 5.78 Å². The largest absolute Gasteiger partial charge is 0.300 e. The highest BCUT2D eigenvalue weighted by Gasteiger charge is 2.30. The highest BCUT2D eigenvalue weighted by atomic mass is 32.2. The standard InChI is InChI=1S/C15H18N2O3S/c1-17(13-4-6-14(18)7-5-13)21(19,20)15-8-2-12(3-9-15)10-11-16/h2-3,8-9,13H,4-7,10H2,1H3. The second-order valence-electron chi connectivity index (χ2n) is 5.27. The van der Waals surface area contributed by atoms with Crippen molar-refractivity contribution in [3.8, 4) is 6.07 Å². The van der Waals surface area contributed by atoms with Crippen molar-refractivity contribution >= 4 is 15.8 Å². The van der Waals surface area contributed by atoms with Gasteiger partial charge in [-0.2, -0.15) is 9.57 Å². The second kappa shape index (κ2) is 6.37. The average molecular weight is 306 g/mol. The lowest BCUT2D eigenvalue weighted by atomic mass is 9.95. The predicted octanol–water partition coefficient (Wildman–Crippen LogP) is 1.88. The fraction of sp³-hybridized carbons (Fsp3) is 0.467. The minimum absolute atomic E-state index is 0.119. The molecule has 0 radical (unpaired) electrons. The smallest absolute Gasteiger partial charge is 0.243 e. The summed E-state index contributed by atoms with van der Waals surface area (Å²) in [6.07, 6.45) is 2.33. The molecule has 0 amide bonds. The zero-order valence-electron chi connectivity index (χ0n) is 11.9. The molecule has 0 aliphatic heterocycles. The van der Waals surface area contributed by atoms with Crippen molar-refractivity contribution in [2.45, 2.75) is 43.0 Å². The van der Waals surface area contributed by atoms with Gasteiger partial charge in [0.15, 0.2) is 0 Å². The Balaban J connectivity index is 2.17. The lowest BCUT2D eigenvalue weighted by Gasteiger charge is -2.29. The molecule has 2 rings (SSSR count).